The van der Waals surface area contributed by atoms with Crippen LogP contribution in [0.3, 0.4) is 0 Å². The molecular weight excluding hydrogens is 422 g/mol. The number of nitrogens with two attached hydrogens (primary N) is 1. The van der Waals surface area contributed by atoms with Gasteiger partial charge in [0.1, 0.15) is 11.5 Å². The molecule has 1 aliphatic heterocycles. The van der Waals surface area contributed by atoms with Crippen molar-refractivity contribution in [2.45, 2.75) is 31.7 Å². The summed E-state index contributed by atoms with van der Waals surface area (Å²) in [7, 11) is 0. The van der Waals surface area contributed by atoms with Gasteiger partial charge < -0.3 is 10.6 Å². The first-order valence-corrected chi connectivity index (χ1v) is 11.3. The fourth-order valence-corrected chi connectivity index (χ4v) is 6.15. The monoisotopic (exact) mass is 445 g/mol. The average molecular weight is 446 g/mol. The van der Waals surface area contributed by atoms with E-state index in [1.165, 1.54) is 0 Å². The van der Waals surface area contributed by atoms with Crippen LogP contribution in [0.15, 0.2) is 77.5 Å². The normalized spacial score (nSPS) is 26.7. The van der Waals surface area contributed by atoms with Gasteiger partial charge in [-0.2, -0.15) is 15.8 Å². The Hall–Kier alpha value is -4.34. The van der Waals surface area contributed by atoms with Gasteiger partial charge in [0.25, 0.3) is 0 Å². The smallest absolute Gasteiger partial charge is 0.241 e. The van der Waals surface area contributed by atoms with Gasteiger partial charge in [-0.3, -0.25) is 4.79 Å². The lowest BCUT2D eigenvalue weighted by Gasteiger charge is -2.50. The first-order valence-electron chi connectivity index (χ1n) is 11.3. The molecule has 3 atom stereocenters. The lowest BCUT2D eigenvalue weighted by molar-refractivity contribution is -0.127. The van der Waals surface area contributed by atoms with Crippen LogP contribution >= 0.6 is 0 Å². The average Bonchev–Trinajstić information content (AvgIpc) is 3.11. The van der Waals surface area contributed by atoms with Gasteiger partial charge in [-0.15, -0.1) is 0 Å². The summed E-state index contributed by atoms with van der Waals surface area (Å²) in [6.07, 6.45) is 3.30. The molecule has 166 valence electrons. The largest absolute Gasteiger partial charge is 0.399 e. The molecule has 2 aromatic carbocycles. The SMILES string of the molecule is C[C@@H]1CC=C2C(C#N)=C(N)C(C#N)(C#N)[C@@]3(C(=O)N(Cc4ccccc4)c4ccccc43)[C@H]2C1. The Labute approximate surface area is 198 Å². The van der Waals surface area contributed by atoms with Crippen molar-refractivity contribution in [2.24, 2.45) is 23.0 Å². The molecule has 6 heteroatoms. The van der Waals surface area contributed by atoms with E-state index in [9.17, 15) is 20.6 Å². The van der Waals surface area contributed by atoms with E-state index in [4.69, 9.17) is 5.73 Å². The molecule has 3 aliphatic rings. The van der Waals surface area contributed by atoms with Crippen LogP contribution in [0.5, 0.6) is 0 Å². The molecule has 0 aromatic heterocycles. The highest BCUT2D eigenvalue weighted by molar-refractivity contribution is 6.11. The quantitative estimate of drug-likeness (QED) is 0.742. The van der Waals surface area contributed by atoms with Crippen molar-refractivity contribution < 1.29 is 4.79 Å². The zero-order chi connectivity index (χ0) is 24.1. The number of carbonyl (C=O) groups is 1. The minimum absolute atomic E-state index is 0.123. The summed E-state index contributed by atoms with van der Waals surface area (Å²) in [4.78, 5) is 16.3. The van der Waals surface area contributed by atoms with Crippen LogP contribution in [0, 0.1) is 51.2 Å². The Morgan fingerprint density at radius 1 is 1.06 bits per heavy atom. The van der Waals surface area contributed by atoms with Crippen LogP contribution in [-0.4, -0.2) is 5.91 Å². The summed E-state index contributed by atoms with van der Waals surface area (Å²) in [5.41, 5.74) is 5.93. The number of nitriles is 3. The second-order valence-corrected chi connectivity index (χ2v) is 9.36. The highest BCUT2D eigenvalue weighted by atomic mass is 16.2. The van der Waals surface area contributed by atoms with Crippen molar-refractivity contribution in [1.82, 2.24) is 0 Å². The van der Waals surface area contributed by atoms with E-state index in [0.29, 0.717) is 29.8 Å². The van der Waals surface area contributed by atoms with Crippen molar-refractivity contribution in [2.75, 3.05) is 4.90 Å². The number of anilines is 1. The number of para-hydroxylation sites is 1. The highest BCUT2D eigenvalue weighted by Gasteiger charge is 2.72. The number of benzene rings is 2. The van der Waals surface area contributed by atoms with E-state index in [1.54, 1.807) is 4.90 Å². The molecule has 1 amide bonds. The first kappa shape index (κ1) is 21.5. The number of hydrogen-bond donors (Lipinski definition) is 1. The Balaban J connectivity index is 1.86. The Morgan fingerprint density at radius 3 is 2.41 bits per heavy atom. The van der Waals surface area contributed by atoms with Crippen molar-refractivity contribution >= 4 is 11.6 Å². The van der Waals surface area contributed by atoms with Crippen molar-refractivity contribution in [3.8, 4) is 18.2 Å². The summed E-state index contributed by atoms with van der Waals surface area (Å²) >= 11 is 0. The van der Waals surface area contributed by atoms with E-state index >= 15 is 0 Å². The third-order valence-corrected chi connectivity index (χ3v) is 7.66. The summed E-state index contributed by atoms with van der Waals surface area (Å²) < 4.78 is 0. The van der Waals surface area contributed by atoms with Gasteiger partial charge in [0.15, 0.2) is 0 Å². The van der Waals surface area contributed by atoms with E-state index in [-0.39, 0.29) is 23.1 Å². The van der Waals surface area contributed by atoms with Gasteiger partial charge in [-0.1, -0.05) is 61.5 Å². The summed E-state index contributed by atoms with van der Waals surface area (Å²) in [5.74, 6) is -0.597. The number of nitrogens with zero attached hydrogens (tertiary/aromatic N) is 4. The standard InChI is InChI=1S/C28H23N5O/c1-18-11-12-20-21(14-29)25(32)27(16-30,17-31)28(23(20)13-18)22-9-5-6-10-24(22)33(26(28)34)15-19-7-3-2-4-8-19/h2-10,12,18,23H,11,13,15,32H2,1H3/t18-,23+,28-/m1/s1. The molecule has 0 fully saturated rings. The fourth-order valence-electron chi connectivity index (χ4n) is 6.15. The second-order valence-electron chi connectivity index (χ2n) is 9.36. The summed E-state index contributed by atoms with van der Waals surface area (Å²) in [6.45, 7) is 2.39. The minimum Gasteiger partial charge on any atom is -0.399 e. The zero-order valence-electron chi connectivity index (χ0n) is 18.8. The number of hydrogen-bond acceptors (Lipinski definition) is 5. The van der Waals surface area contributed by atoms with E-state index in [0.717, 1.165) is 12.0 Å². The molecule has 6 nitrogen and oxygen atoms in total. The lowest BCUT2D eigenvalue weighted by atomic mass is 9.47. The molecule has 0 unspecified atom stereocenters. The number of carbonyl (C=O) groups excluding carboxylic acids is 1. The van der Waals surface area contributed by atoms with Crippen LogP contribution in [0.2, 0.25) is 0 Å². The van der Waals surface area contributed by atoms with Gasteiger partial charge in [0.2, 0.25) is 11.3 Å². The predicted molar refractivity (Wildman–Crippen MR) is 126 cm³/mol. The van der Waals surface area contributed by atoms with Gasteiger partial charge >= 0.3 is 0 Å². The first-order chi connectivity index (χ1) is 16.5. The number of amides is 1. The molecule has 5 rings (SSSR count). The van der Waals surface area contributed by atoms with Gasteiger partial charge in [0.05, 0.1) is 30.0 Å². The number of rotatable bonds is 2. The number of fused-ring (bicyclic) bond motifs is 4. The van der Waals surface area contributed by atoms with Crippen LogP contribution in [0.4, 0.5) is 5.69 Å². The van der Waals surface area contributed by atoms with E-state index < -0.39 is 16.7 Å². The molecule has 1 spiro atoms. The van der Waals surface area contributed by atoms with Gasteiger partial charge in [-0.25, -0.2) is 0 Å². The molecule has 0 radical (unpaired) electrons. The van der Waals surface area contributed by atoms with Gasteiger partial charge in [0, 0.05) is 11.6 Å². The molecule has 0 bridgehead atoms. The van der Waals surface area contributed by atoms with Crippen LogP contribution in [-0.2, 0) is 16.8 Å². The maximum atomic E-state index is 14.6. The van der Waals surface area contributed by atoms with E-state index in [1.807, 2.05) is 60.7 Å². The predicted octanol–water partition coefficient (Wildman–Crippen LogP) is 4.23. The van der Waals surface area contributed by atoms with Crippen LogP contribution < -0.4 is 10.6 Å². The molecule has 2 aromatic rings. The third kappa shape index (κ3) is 2.50. The Bertz CT molecular complexity index is 1370. The van der Waals surface area contributed by atoms with Crippen molar-refractivity contribution in [3.63, 3.8) is 0 Å². The van der Waals surface area contributed by atoms with Crippen molar-refractivity contribution in [3.05, 3.63) is 88.6 Å². The topological polar surface area (TPSA) is 118 Å². The maximum Gasteiger partial charge on any atom is 0.241 e. The fraction of sp³-hybridized carbons (Fsp3) is 0.286. The molecule has 2 N–H and O–H groups in total. The molecule has 2 aliphatic carbocycles. The van der Waals surface area contributed by atoms with Crippen LogP contribution in [0.1, 0.15) is 30.9 Å². The van der Waals surface area contributed by atoms with Crippen LogP contribution in [0.25, 0.3) is 0 Å². The highest BCUT2D eigenvalue weighted by Crippen LogP contribution is 2.65. The molecule has 0 saturated heterocycles. The summed E-state index contributed by atoms with van der Waals surface area (Å²) in [5, 5.41) is 31.1. The second kappa shape index (κ2) is 7.62. The Morgan fingerprint density at radius 2 is 1.74 bits per heavy atom. The Kier molecular flexibility index (Phi) is 4.82. The molecular formula is C28H23N5O. The van der Waals surface area contributed by atoms with E-state index in [2.05, 4.69) is 25.1 Å². The maximum absolute atomic E-state index is 14.6. The third-order valence-electron chi connectivity index (χ3n) is 7.66. The summed E-state index contributed by atoms with van der Waals surface area (Å²) in [6, 6.07) is 23.5. The zero-order valence-corrected chi connectivity index (χ0v) is 18.8. The molecule has 0 saturated carbocycles. The molecule has 1 heterocycles. The minimum atomic E-state index is -2.00. The van der Waals surface area contributed by atoms with Crippen molar-refractivity contribution in [1.29, 1.82) is 15.8 Å². The van der Waals surface area contributed by atoms with Gasteiger partial charge in [-0.05, 0) is 41.5 Å². The lowest BCUT2D eigenvalue weighted by Crippen LogP contribution is -2.61. The molecule has 34 heavy (non-hydrogen) atoms. The number of allylic oxidation sites excluding steroid dienone is 4.